The molecule has 0 bridgehead atoms. The smallest absolute Gasteiger partial charge is 0.257 e. The standard InChI is InChI=1S/C20H17Cl2N3O5S/c21-14-8-15(22)19(31(27,28)25-4-2-1-3-5-25)7-13(14)20(26)24-16-9-18-17(29-11-30-18)6-12(16)10-23/h6-9H,1-5,11H2,(H,24,26). The van der Waals surface area contributed by atoms with Crippen molar-refractivity contribution in [2.75, 3.05) is 25.2 Å². The van der Waals surface area contributed by atoms with E-state index >= 15 is 0 Å². The van der Waals surface area contributed by atoms with Crippen LogP contribution in [0.5, 0.6) is 11.5 Å². The fraction of sp³-hybridized carbons (Fsp3) is 0.300. The molecule has 0 aromatic heterocycles. The third kappa shape index (κ3) is 4.16. The Bertz CT molecular complexity index is 1200. The minimum atomic E-state index is -3.89. The lowest BCUT2D eigenvalue weighted by molar-refractivity contribution is 0.102. The van der Waals surface area contributed by atoms with Crippen LogP contribution >= 0.6 is 23.2 Å². The number of anilines is 1. The van der Waals surface area contributed by atoms with Gasteiger partial charge in [-0.05, 0) is 25.0 Å². The first-order valence-corrected chi connectivity index (χ1v) is 11.6. The van der Waals surface area contributed by atoms with Crippen molar-refractivity contribution < 1.29 is 22.7 Å². The van der Waals surface area contributed by atoms with Crippen LogP contribution in [0.4, 0.5) is 5.69 Å². The summed E-state index contributed by atoms with van der Waals surface area (Å²) in [5, 5.41) is 11.9. The molecule has 2 aromatic carbocycles. The van der Waals surface area contributed by atoms with E-state index in [1.807, 2.05) is 6.07 Å². The highest BCUT2D eigenvalue weighted by molar-refractivity contribution is 7.89. The van der Waals surface area contributed by atoms with Crippen molar-refractivity contribution in [3.05, 3.63) is 45.4 Å². The summed E-state index contributed by atoms with van der Waals surface area (Å²) in [7, 11) is -3.89. The lowest BCUT2D eigenvalue weighted by Crippen LogP contribution is -2.35. The summed E-state index contributed by atoms with van der Waals surface area (Å²) in [6.07, 6.45) is 2.49. The SMILES string of the molecule is N#Cc1cc2c(cc1NC(=O)c1cc(S(=O)(=O)N3CCCCC3)c(Cl)cc1Cl)OCO2. The van der Waals surface area contributed by atoms with Crippen molar-refractivity contribution in [3.63, 3.8) is 0 Å². The van der Waals surface area contributed by atoms with E-state index in [0.717, 1.165) is 19.3 Å². The van der Waals surface area contributed by atoms with Gasteiger partial charge in [0.05, 0.1) is 26.9 Å². The molecule has 2 aliphatic rings. The van der Waals surface area contributed by atoms with E-state index < -0.39 is 15.9 Å². The van der Waals surface area contributed by atoms with E-state index in [9.17, 15) is 18.5 Å². The van der Waals surface area contributed by atoms with Gasteiger partial charge in [0.25, 0.3) is 5.91 Å². The van der Waals surface area contributed by atoms with Gasteiger partial charge in [-0.15, -0.1) is 0 Å². The van der Waals surface area contributed by atoms with Crippen LogP contribution in [-0.4, -0.2) is 38.5 Å². The van der Waals surface area contributed by atoms with Gasteiger partial charge in [0.2, 0.25) is 16.8 Å². The number of sulfonamides is 1. The Kier molecular flexibility index (Phi) is 5.99. The Morgan fingerprint density at radius 2 is 1.71 bits per heavy atom. The fourth-order valence-electron chi connectivity index (χ4n) is 3.47. The molecule has 0 unspecified atom stereocenters. The number of amides is 1. The quantitative estimate of drug-likeness (QED) is 0.705. The normalized spacial score (nSPS) is 16.0. The van der Waals surface area contributed by atoms with Crippen molar-refractivity contribution in [2.45, 2.75) is 24.2 Å². The van der Waals surface area contributed by atoms with Gasteiger partial charge >= 0.3 is 0 Å². The minimum absolute atomic E-state index is 0.0122. The number of hydrogen-bond acceptors (Lipinski definition) is 6. The molecule has 1 fully saturated rings. The summed E-state index contributed by atoms with van der Waals surface area (Å²) in [6.45, 7) is 0.801. The van der Waals surface area contributed by atoms with Gasteiger partial charge in [-0.2, -0.15) is 9.57 Å². The molecule has 0 aliphatic carbocycles. The molecule has 4 rings (SSSR count). The largest absolute Gasteiger partial charge is 0.454 e. The molecule has 0 radical (unpaired) electrons. The van der Waals surface area contributed by atoms with Crippen LogP contribution in [0.25, 0.3) is 0 Å². The molecule has 1 N–H and O–H groups in total. The molecule has 1 saturated heterocycles. The Labute approximate surface area is 189 Å². The molecular weight excluding hydrogens is 465 g/mol. The van der Waals surface area contributed by atoms with Crippen molar-refractivity contribution >= 4 is 44.8 Å². The molecule has 0 atom stereocenters. The molecule has 162 valence electrons. The molecule has 0 spiro atoms. The summed E-state index contributed by atoms with van der Waals surface area (Å²) in [5.74, 6) is 0.0889. The van der Waals surface area contributed by atoms with Crippen molar-refractivity contribution in [2.24, 2.45) is 0 Å². The molecule has 11 heteroatoms. The van der Waals surface area contributed by atoms with Crippen molar-refractivity contribution in [1.29, 1.82) is 5.26 Å². The number of carbonyl (C=O) groups excluding carboxylic acids is 1. The summed E-state index contributed by atoms with van der Waals surface area (Å²) >= 11 is 12.4. The predicted octanol–water partition coefficient (Wildman–Crippen LogP) is 4.02. The molecule has 8 nitrogen and oxygen atoms in total. The number of nitrogens with one attached hydrogen (secondary N) is 1. The zero-order chi connectivity index (χ0) is 22.2. The first-order chi connectivity index (χ1) is 14.8. The number of ether oxygens (including phenoxy) is 2. The summed E-state index contributed by atoms with van der Waals surface area (Å²) in [4.78, 5) is 12.8. The van der Waals surface area contributed by atoms with Crippen LogP contribution in [0.3, 0.4) is 0 Å². The Balaban J connectivity index is 1.68. The zero-order valence-electron chi connectivity index (χ0n) is 16.2. The highest BCUT2D eigenvalue weighted by Gasteiger charge is 2.30. The van der Waals surface area contributed by atoms with Crippen LogP contribution in [0.1, 0.15) is 35.2 Å². The van der Waals surface area contributed by atoms with E-state index in [1.54, 1.807) is 0 Å². The Morgan fingerprint density at radius 1 is 1.03 bits per heavy atom. The van der Waals surface area contributed by atoms with E-state index in [-0.39, 0.29) is 38.5 Å². The molecule has 2 heterocycles. The Morgan fingerprint density at radius 3 is 2.39 bits per heavy atom. The van der Waals surface area contributed by atoms with Gasteiger partial charge in [-0.3, -0.25) is 4.79 Å². The second-order valence-corrected chi connectivity index (χ2v) is 9.76. The maximum atomic E-state index is 13.1. The monoisotopic (exact) mass is 481 g/mol. The lowest BCUT2D eigenvalue weighted by Gasteiger charge is -2.26. The number of benzene rings is 2. The fourth-order valence-corrected chi connectivity index (χ4v) is 5.82. The molecular formula is C20H17Cl2N3O5S. The van der Waals surface area contributed by atoms with Crippen LogP contribution in [-0.2, 0) is 10.0 Å². The molecule has 2 aromatic rings. The van der Waals surface area contributed by atoms with E-state index in [2.05, 4.69) is 5.32 Å². The van der Waals surface area contributed by atoms with Crippen LogP contribution in [0, 0.1) is 11.3 Å². The van der Waals surface area contributed by atoms with Gasteiger partial charge in [0.1, 0.15) is 11.0 Å². The molecule has 31 heavy (non-hydrogen) atoms. The lowest BCUT2D eigenvalue weighted by atomic mass is 10.1. The first kappa shape index (κ1) is 21.7. The number of piperidine rings is 1. The number of halogens is 2. The second kappa shape index (κ2) is 8.55. The van der Waals surface area contributed by atoms with Gasteiger partial charge in [-0.1, -0.05) is 29.6 Å². The zero-order valence-corrected chi connectivity index (χ0v) is 18.5. The van der Waals surface area contributed by atoms with Crippen LogP contribution < -0.4 is 14.8 Å². The van der Waals surface area contributed by atoms with Crippen LogP contribution in [0.15, 0.2) is 29.2 Å². The highest BCUT2D eigenvalue weighted by Crippen LogP contribution is 2.37. The number of nitriles is 1. The molecule has 0 saturated carbocycles. The van der Waals surface area contributed by atoms with Crippen molar-refractivity contribution in [3.8, 4) is 17.6 Å². The third-order valence-corrected chi connectivity index (χ3v) is 7.76. The van der Waals surface area contributed by atoms with E-state index in [4.69, 9.17) is 32.7 Å². The second-order valence-electron chi connectivity index (χ2n) is 7.04. The Hall–Kier alpha value is -2.51. The predicted molar refractivity (Wildman–Crippen MR) is 114 cm³/mol. The number of nitrogens with zero attached hydrogens (tertiary/aromatic N) is 2. The molecule has 2 aliphatic heterocycles. The number of carbonyl (C=O) groups is 1. The van der Waals surface area contributed by atoms with Crippen LogP contribution in [0.2, 0.25) is 10.0 Å². The summed E-state index contributed by atoms with van der Waals surface area (Å²) < 4.78 is 38.0. The highest BCUT2D eigenvalue weighted by atomic mass is 35.5. The maximum absolute atomic E-state index is 13.1. The summed E-state index contributed by atoms with van der Waals surface area (Å²) in [6, 6.07) is 7.30. The first-order valence-electron chi connectivity index (χ1n) is 9.45. The average molecular weight is 482 g/mol. The van der Waals surface area contributed by atoms with Gasteiger partial charge in [0.15, 0.2) is 11.5 Å². The average Bonchev–Trinajstić information content (AvgIpc) is 3.20. The topological polar surface area (TPSA) is 109 Å². The van der Waals surface area contributed by atoms with Gasteiger partial charge < -0.3 is 14.8 Å². The maximum Gasteiger partial charge on any atom is 0.257 e. The third-order valence-electron chi connectivity index (χ3n) is 5.08. The van der Waals surface area contributed by atoms with Crippen molar-refractivity contribution in [1.82, 2.24) is 4.31 Å². The van der Waals surface area contributed by atoms with Gasteiger partial charge in [0, 0.05) is 25.2 Å². The van der Waals surface area contributed by atoms with E-state index in [0.29, 0.717) is 24.6 Å². The number of rotatable bonds is 4. The summed E-state index contributed by atoms with van der Waals surface area (Å²) in [5.41, 5.74) is 0.259. The van der Waals surface area contributed by atoms with E-state index in [1.165, 1.54) is 28.6 Å². The minimum Gasteiger partial charge on any atom is -0.454 e. The number of hydrogen-bond donors (Lipinski definition) is 1. The van der Waals surface area contributed by atoms with Gasteiger partial charge in [-0.25, -0.2) is 8.42 Å². The number of fused-ring (bicyclic) bond motifs is 1. The molecule has 1 amide bonds.